The number of fused-ring (bicyclic) bond motifs is 1. The summed E-state index contributed by atoms with van der Waals surface area (Å²) >= 11 is 1.15. The first kappa shape index (κ1) is 19.0. The number of nitrogens with zero attached hydrogens (tertiary/aromatic N) is 1. The number of aromatic hydroxyl groups is 2. The van der Waals surface area contributed by atoms with Crippen molar-refractivity contribution in [3.8, 4) is 11.5 Å². The van der Waals surface area contributed by atoms with Crippen LogP contribution in [0, 0.1) is 5.82 Å². The molecule has 1 aliphatic rings. The van der Waals surface area contributed by atoms with Crippen LogP contribution in [0.25, 0.3) is 0 Å². The molecule has 0 radical (unpaired) electrons. The van der Waals surface area contributed by atoms with Gasteiger partial charge in [-0.15, -0.1) is 0 Å². The molecule has 0 saturated heterocycles. The summed E-state index contributed by atoms with van der Waals surface area (Å²) < 4.78 is 13.8. The van der Waals surface area contributed by atoms with Crippen molar-refractivity contribution in [2.45, 2.75) is 23.2 Å². The van der Waals surface area contributed by atoms with E-state index in [1.807, 2.05) is 0 Å². The Bertz CT molecular complexity index is 1160. The van der Waals surface area contributed by atoms with E-state index in [0.717, 1.165) is 11.8 Å². The fourth-order valence-electron chi connectivity index (χ4n) is 3.22. The van der Waals surface area contributed by atoms with E-state index >= 15 is 0 Å². The molecule has 0 bridgehead atoms. The highest BCUT2D eigenvalue weighted by Crippen LogP contribution is 2.37. The number of hydrogen-bond donors (Lipinski definition) is 4. The van der Waals surface area contributed by atoms with Crippen LogP contribution in [0.4, 0.5) is 10.2 Å². The normalized spacial score (nSPS) is 15.6. The molecule has 0 fully saturated rings. The summed E-state index contributed by atoms with van der Waals surface area (Å²) in [5, 5.41) is 22.1. The van der Waals surface area contributed by atoms with Crippen molar-refractivity contribution in [1.82, 2.24) is 9.97 Å². The van der Waals surface area contributed by atoms with E-state index in [-0.39, 0.29) is 51.9 Å². The molecular weight excluding hydrogens is 397 g/mol. The average Bonchev–Trinajstić information content (AvgIpc) is 2.68. The lowest BCUT2D eigenvalue weighted by Crippen LogP contribution is -2.31. The number of phenolic OH excluding ortho intramolecular Hbond substituents is 2. The first-order valence-corrected chi connectivity index (χ1v) is 9.73. The summed E-state index contributed by atoms with van der Waals surface area (Å²) in [7, 11) is 0. The number of thioether (sulfide) groups is 1. The number of nitrogens with one attached hydrogen (secondary N) is 2. The van der Waals surface area contributed by atoms with E-state index < -0.39 is 11.5 Å². The van der Waals surface area contributed by atoms with Gasteiger partial charge in [0.05, 0.1) is 5.56 Å². The molecule has 2 aromatic carbocycles. The third-order valence-electron chi connectivity index (χ3n) is 4.65. The van der Waals surface area contributed by atoms with E-state index in [1.54, 1.807) is 24.3 Å². The van der Waals surface area contributed by atoms with E-state index in [0.29, 0.717) is 11.1 Å². The van der Waals surface area contributed by atoms with Crippen LogP contribution in [-0.2, 0) is 10.5 Å². The summed E-state index contributed by atoms with van der Waals surface area (Å²) in [4.78, 5) is 31.9. The van der Waals surface area contributed by atoms with Crippen LogP contribution in [0.3, 0.4) is 0 Å². The third kappa shape index (κ3) is 3.81. The fraction of sp³-hybridized carbons (Fsp3) is 0.150. The number of carbonyl (C=O) groups excluding carboxylic acids is 1. The van der Waals surface area contributed by atoms with Gasteiger partial charge >= 0.3 is 0 Å². The molecule has 3 aromatic rings. The van der Waals surface area contributed by atoms with Crippen LogP contribution in [0.2, 0.25) is 0 Å². The Morgan fingerprint density at radius 1 is 1.14 bits per heavy atom. The molecule has 1 atom stereocenters. The Morgan fingerprint density at radius 3 is 2.69 bits per heavy atom. The van der Waals surface area contributed by atoms with E-state index in [4.69, 9.17) is 0 Å². The third-order valence-corrected chi connectivity index (χ3v) is 5.58. The van der Waals surface area contributed by atoms with Crippen molar-refractivity contribution in [2.75, 3.05) is 5.32 Å². The number of carbonyl (C=O) groups is 1. The van der Waals surface area contributed by atoms with Crippen molar-refractivity contribution in [2.24, 2.45) is 0 Å². The van der Waals surface area contributed by atoms with Gasteiger partial charge < -0.3 is 20.5 Å². The lowest BCUT2D eigenvalue weighted by atomic mass is 9.86. The molecule has 1 aliphatic heterocycles. The molecule has 7 nitrogen and oxygen atoms in total. The summed E-state index contributed by atoms with van der Waals surface area (Å²) in [5.74, 6) is -1.51. The molecule has 2 heterocycles. The maximum atomic E-state index is 13.8. The molecular formula is C20H16FN3O4S. The number of phenols is 2. The van der Waals surface area contributed by atoms with Crippen LogP contribution < -0.4 is 10.9 Å². The molecule has 29 heavy (non-hydrogen) atoms. The van der Waals surface area contributed by atoms with Gasteiger partial charge in [-0.3, -0.25) is 9.59 Å². The minimum absolute atomic E-state index is 0.00366. The topological polar surface area (TPSA) is 115 Å². The lowest BCUT2D eigenvalue weighted by Gasteiger charge is -2.24. The Hall–Kier alpha value is -3.33. The molecule has 1 amide bonds. The number of H-pyrrole nitrogens is 1. The van der Waals surface area contributed by atoms with Crippen LogP contribution in [0.5, 0.6) is 11.5 Å². The predicted molar refractivity (Wildman–Crippen MR) is 106 cm³/mol. The quantitative estimate of drug-likeness (QED) is 0.297. The van der Waals surface area contributed by atoms with Gasteiger partial charge in [0.2, 0.25) is 5.91 Å². The zero-order valence-electron chi connectivity index (χ0n) is 15.0. The van der Waals surface area contributed by atoms with Crippen molar-refractivity contribution >= 4 is 23.5 Å². The van der Waals surface area contributed by atoms with Crippen LogP contribution in [0.15, 0.2) is 52.4 Å². The monoisotopic (exact) mass is 413 g/mol. The van der Waals surface area contributed by atoms with Gasteiger partial charge in [0.25, 0.3) is 5.56 Å². The number of hydrogen-bond acceptors (Lipinski definition) is 6. The maximum Gasteiger partial charge on any atom is 0.257 e. The molecule has 0 saturated carbocycles. The van der Waals surface area contributed by atoms with Gasteiger partial charge in [-0.2, -0.15) is 0 Å². The van der Waals surface area contributed by atoms with Gasteiger partial charge in [0, 0.05) is 18.1 Å². The Labute approximate surface area is 168 Å². The maximum absolute atomic E-state index is 13.8. The molecule has 148 valence electrons. The van der Waals surface area contributed by atoms with Crippen molar-refractivity contribution in [1.29, 1.82) is 0 Å². The Morgan fingerprint density at radius 2 is 1.93 bits per heavy atom. The lowest BCUT2D eigenvalue weighted by molar-refractivity contribution is -0.116. The molecule has 4 rings (SSSR count). The van der Waals surface area contributed by atoms with Gasteiger partial charge in [0.15, 0.2) is 16.7 Å². The van der Waals surface area contributed by atoms with Crippen molar-refractivity contribution in [3.63, 3.8) is 0 Å². The molecule has 0 spiro atoms. The fourth-order valence-corrected chi connectivity index (χ4v) is 4.07. The number of aromatic amines is 1. The second-order valence-corrected chi connectivity index (χ2v) is 7.53. The van der Waals surface area contributed by atoms with Gasteiger partial charge in [-0.1, -0.05) is 36.0 Å². The summed E-state index contributed by atoms with van der Waals surface area (Å²) in [6.07, 6.45) is 0.00366. The number of anilines is 1. The summed E-state index contributed by atoms with van der Waals surface area (Å²) in [6, 6.07) is 10.5. The molecule has 9 heteroatoms. The number of halogens is 1. The zero-order valence-corrected chi connectivity index (χ0v) is 15.8. The molecule has 0 aliphatic carbocycles. The van der Waals surface area contributed by atoms with E-state index in [9.17, 15) is 24.2 Å². The van der Waals surface area contributed by atoms with Crippen LogP contribution in [-0.4, -0.2) is 26.1 Å². The molecule has 1 aromatic heterocycles. The van der Waals surface area contributed by atoms with E-state index in [1.165, 1.54) is 18.2 Å². The molecule has 0 unspecified atom stereocenters. The Balaban J connectivity index is 1.67. The minimum atomic E-state index is -0.618. The first-order valence-electron chi connectivity index (χ1n) is 8.74. The number of aromatic nitrogens is 2. The first-order chi connectivity index (χ1) is 13.9. The number of amides is 1. The number of benzene rings is 2. The highest BCUT2D eigenvalue weighted by atomic mass is 32.2. The number of rotatable bonds is 4. The second-order valence-electron chi connectivity index (χ2n) is 6.57. The smallest absolute Gasteiger partial charge is 0.257 e. The SMILES string of the molecule is O=C1C[C@H](c2ccc(O)c(O)c2)c2c(nc(SCc3ccccc3F)[nH]c2=O)N1. The van der Waals surface area contributed by atoms with Crippen LogP contribution in [0.1, 0.15) is 29.0 Å². The summed E-state index contributed by atoms with van der Waals surface area (Å²) in [6.45, 7) is 0. The highest BCUT2D eigenvalue weighted by Gasteiger charge is 2.31. The standard InChI is InChI=1S/C20H16FN3O4S/c21-13-4-2-1-3-11(13)9-29-20-23-18-17(19(28)24-20)12(8-16(27)22-18)10-5-6-14(25)15(26)7-10/h1-7,12,25-26H,8-9H2,(H2,22,23,24,27,28)/t12-/m1/s1. The van der Waals surface area contributed by atoms with Gasteiger partial charge in [-0.05, 0) is 29.3 Å². The van der Waals surface area contributed by atoms with E-state index in [2.05, 4.69) is 15.3 Å². The summed E-state index contributed by atoms with van der Waals surface area (Å²) in [5.41, 5.74) is 0.823. The largest absolute Gasteiger partial charge is 0.504 e. The van der Waals surface area contributed by atoms with Crippen molar-refractivity contribution < 1.29 is 19.4 Å². The minimum Gasteiger partial charge on any atom is -0.504 e. The van der Waals surface area contributed by atoms with Gasteiger partial charge in [0.1, 0.15) is 11.6 Å². The highest BCUT2D eigenvalue weighted by molar-refractivity contribution is 7.98. The van der Waals surface area contributed by atoms with Gasteiger partial charge in [-0.25, -0.2) is 9.37 Å². The Kier molecular flexibility index (Phi) is 4.98. The average molecular weight is 413 g/mol. The second kappa shape index (κ2) is 7.59. The zero-order chi connectivity index (χ0) is 20.5. The van der Waals surface area contributed by atoms with Crippen LogP contribution >= 0.6 is 11.8 Å². The molecule has 4 N–H and O–H groups in total. The predicted octanol–water partition coefficient (Wildman–Crippen LogP) is 3.09. The van der Waals surface area contributed by atoms with Crippen molar-refractivity contribution in [3.05, 3.63) is 75.3 Å².